The molecule has 0 aliphatic rings. The van der Waals surface area contributed by atoms with Gasteiger partial charge in [-0.3, -0.25) is 14.9 Å². The lowest BCUT2D eigenvalue weighted by Crippen LogP contribution is -2.25. The molecule has 0 unspecified atom stereocenters. The highest BCUT2D eigenvalue weighted by atomic mass is 32.2. The first kappa shape index (κ1) is 15.1. The first-order chi connectivity index (χ1) is 10.2. The Labute approximate surface area is 125 Å². The van der Waals surface area contributed by atoms with Crippen LogP contribution in [-0.4, -0.2) is 23.1 Å². The van der Waals surface area contributed by atoms with E-state index in [0.29, 0.717) is 6.54 Å². The van der Waals surface area contributed by atoms with E-state index in [0.717, 1.165) is 11.5 Å². The first-order valence-electron chi connectivity index (χ1n) is 6.31. The van der Waals surface area contributed by atoms with Gasteiger partial charge in [0.15, 0.2) is 5.76 Å². The molecule has 1 heterocycles. The van der Waals surface area contributed by atoms with E-state index >= 15 is 0 Å². The Bertz CT molecular complexity index is 612. The van der Waals surface area contributed by atoms with Crippen LogP contribution in [0.3, 0.4) is 0 Å². The molecule has 2 aromatic rings. The van der Waals surface area contributed by atoms with Gasteiger partial charge in [0.25, 0.3) is 5.91 Å². The number of amides is 1. The standard InChI is InChI=1S/C14H14N2O4S/c17-14(12-6-7-13(20-12)16(18)19)15-8-9-21-10-11-4-2-1-3-5-11/h1-7H,8-10H2,(H,15,17). The molecule has 1 aromatic heterocycles. The smallest absolute Gasteiger partial charge is 0.395 e. The Morgan fingerprint density at radius 2 is 2.00 bits per heavy atom. The van der Waals surface area contributed by atoms with Crippen LogP contribution < -0.4 is 5.32 Å². The summed E-state index contributed by atoms with van der Waals surface area (Å²) in [7, 11) is 0. The number of nitrogens with one attached hydrogen (secondary N) is 1. The van der Waals surface area contributed by atoms with E-state index < -0.39 is 16.7 Å². The second kappa shape index (κ2) is 7.49. The van der Waals surface area contributed by atoms with Gasteiger partial charge in [-0.1, -0.05) is 30.3 Å². The van der Waals surface area contributed by atoms with E-state index in [9.17, 15) is 14.9 Å². The molecule has 0 saturated carbocycles. The summed E-state index contributed by atoms with van der Waals surface area (Å²) in [5.41, 5.74) is 1.23. The Morgan fingerprint density at radius 3 is 2.67 bits per heavy atom. The summed E-state index contributed by atoms with van der Waals surface area (Å²) >= 11 is 1.70. The number of benzene rings is 1. The monoisotopic (exact) mass is 306 g/mol. The Balaban J connectivity index is 1.68. The molecule has 1 aromatic carbocycles. The molecule has 0 radical (unpaired) electrons. The van der Waals surface area contributed by atoms with Crippen molar-refractivity contribution in [3.05, 3.63) is 63.9 Å². The number of carbonyl (C=O) groups is 1. The number of carbonyl (C=O) groups excluding carboxylic acids is 1. The average molecular weight is 306 g/mol. The van der Waals surface area contributed by atoms with Crippen LogP contribution in [0.5, 0.6) is 0 Å². The molecule has 21 heavy (non-hydrogen) atoms. The largest absolute Gasteiger partial charge is 0.433 e. The molecule has 1 N–H and O–H groups in total. The third-order valence-electron chi connectivity index (χ3n) is 2.64. The number of rotatable bonds is 7. The van der Waals surface area contributed by atoms with Gasteiger partial charge in [0.1, 0.15) is 4.92 Å². The van der Waals surface area contributed by atoms with Crippen molar-refractivity contribution in [2.75, 3.05) is 12.3 Å². The van der Waals surface area contributed by atoms with Crippen LogP contribution in [0, 0.1) is 10.1 Å². The summed E-state index contributed by atoms with van der Waals surface area (Å²) in [5.74, 6) is 0.712. The minimum atomic E-state index is -0.674. The van der Waals surface area contributed by atoms with Crippen LogP contribution in [0.4, 0.5) is 5.88 Å². The van der Waals surface area contributed by atoms with Crippen molar-refractivity contribution in [3.63, 3.8) is 0 Å². The Morgan fingerprint density at radius 1 is 1.24 bits per heavy atom. The molecule has 0 aliphatic heterocycles. The highest BCUT2D eigenvalue weighted by Crippen LogP contribution is 2.15. The van der Waals surface area contributed by atoms with E-state index in [1.54, 1.807) is 11.8 Å². The highest BCUT2D eigenvalue weighted by molar-refractivity contribution is 7.98. The third-order valence-corrected chi connectivity index (χ3v) is 3.67. The van der Waals surface area contributed by atoms with Crippen LogP contribution in [-0.2, 0) is 5.75 Å². The maximum absolute atomic E-state index is 11.7. The molecule has 2 rings (SSSR count). The van der Waals surface area contributed by atoms with Crippen LogP contribution in [0.2, 0.25) is 0 Å². The Kier molecular flexibility index (Phi) is 5.39. The first-order valence-corrected chi connectivity index (χ1v) is 7.46. The molecule has 110 valence electrons. The zero-order valence-electron chi connectivity index (χ0n) is 11.2. The van der Waals surface area contributed by atoms with Gasteiger partial charge in [0.05, 0.1) is 6.07 Å². The van der Waals surface area contributed by atoms with Crippen LogP contribution in [0.25, 0.3) is 0 Å². The van der Waals surface area contributed by atoms with Crippen molar-refractivity contribution in [2.45, 2.75) is 5.75 Å². The van der Waals surface area contributed by atoms with Crippen molar-refractivity contribution >= 4 is 23.6 Å². The van der Waals surface area contributed by atoms with Crippen molar-refractivity contribution in [2.24, 2.45) is 0 Å². The van der Waals surface area contributed by atoms with Crippen molar-refractivity contribution in [3.8, 4) is 0 Å². The van der Waals surface area contributed by atoms with Gasteiger partial charge in [0, 0.05) is 18.1 Å². The molecule has 0 aliphatic carbocycles. The maximum Gasteiger partial charge on any atom is 0.433 e. The summed E-state index contributed by atoms with van der Waals surface area (Å²) < 4.78 is 4.82. The number of furan rings is 1. The minimum Gasteiger partial charge on any atom is -0.395 e. The van der Waals surface area contributed by atoms with Crippen LogP contribution >= 0.6 is 11.8 Å². The van der Waals surface area contributed by atoms with Crippen molar-refractivity contribution in [1.29, 1.82) is 0 Å². The zero-order valence-corrected chi connectivity index (χ0v) is 12.0. The number of thioether (sulfide) groups is 1. The lowest BCUT2D eigenvalue weighted by molar-refractivity contribution is -0.402. The summed E-state index contributed by atoms with van der Waals surface area (Å²) in [6.45, 7) is 0.477. The normalized spacial score (nSPS) is 10.3. The summed E-state index contributed by atoms with van der Waals surface area (Å²) in [6.07, 6.45) is 0. The predicted octanol–water partition coefficient (Wildman–Crippen LogP) is 2.85. The van der Waals surface area contributed by atoms with Crippen molar-refractivity contribution < 1.29 is 14.1 Å². The van der Waals surface area contributed by atoms with Gasteiger partial charge in [-0.05, 0) is 11.6 Å². The van der Waals surface area contributed by atoms with Gasteiger partial charge in [-0.2, -0.15) is 11.8 Å². The Hall–Kier alpha value is -2.28. The topological polar surface area (TPSA) is 85.4 Å². The average Bonchev–Trinajstić information content (AvgIpc) is 2.98. The zero-order chi connectivity index (χ0) is 15.1. The molecule has 0 saturated heterocycles. The number of hydrogen-bond acceptors (Lipinski definition) is 5. The number of nitrogens with zero attached hydrogens (tertiary/aromatic N) is 1. The van der Waals surface area contributed by atoms with E-state index in [1.807, 2.05) is 30.3 Å². The fourth-order valence-electron chi connectivity index (χ4n) is 1.64. The molecule has 0 spiro atoms. The molecule has 0 atom stereocenters. The predicted molar refractivity (Wildman–Crippen MR) is 80.3 cm³/mol. The lowest BCUT2D eigenvalue weighted by atomic mass is 10.2. The molecule has 6 nitrogen and oxygen atoms in total. The molecule has 0 bridgehead atoms. The molecular weight excluding hydrogens is 292 g/mol. The maximum atomic E-state index is 11.7. The van der Waals surface area contributed by atoms with Crippen LogP contribution in [0.15, 0.2) is 46.9 Å². The van der Waals surface area contributed by atoms with Gasteiger partial charge < -0.3 is 9.73 Å². The van der Waals surface area contributed by atoms with Gasteiger partial charge >= 0.3 is 5.88 Å². The quantitative estimate of drug-likeness (QED) is 0.483. The second-order valence-corrected chi connectivity index (χ2v) is 5.29. The lowest BCUT2D eigenvalue weighted by Gasteiger charge is -2.03. The third kappa shape index (κ3) is 4.64. The molecule has 7 heteroatoms. The molecular formula is C14H14N2O4S. The summed E-state index contributed by atoms with van der Waals surface area (Å²) in [5, 5.41) is 13.1. The number of hydrogen-bond donors (Lipinski definition) is 1. The minimum absolute atomic E-state index is 0.0465. The van der Waals surface area contributed by atoms with E-state index in [2.05, 4.69) is 5.32 Å². The molecule has 0 fully saturated rings. The van der Waals surface area contributed by atoms with Gasteiger partial charge in [-0.15, -0.1) is 0 Å². The highest BCUT2D eigenvalue weighted by Gasteiger charge is 2.16. The van der Waals surface area contributed by atoms with Crippen molar-refractivity contribution in [1.82, 2.24) is 5.32 Å². The SMILES string of the molecule is O=C(NCCSCc1ccccc1)c1ccc([N+](=O)[O-])o1. The van der Waals surface area contributed by atoms with E-state index in [4.69, 9.17) is 4.42 Å². The fourth-order valence-corrected chi connectivity index (χ4v) is 2.45. The van der Waals surface area contributed by atoms with E-state index in [1.165, 1.54) is 17.7 Å². The number of nitro groups is 1. The van der Waals surface area contributed by atoms with Gasteiger partial charge in [0.2, 0.25) is 0 Å². The fraction of sp³-hybridized carbons (Fsp3) is 0.214. The van der Waals surface area contributed by atoms with E-state index in [-0.39, 0.29) is 5.76 Å². The summed E-state index contributed by atoms with van der Waals surface area (Å²) in [6, 6.07) is 12.5. The van der Waals surface area contributed by atoms with Crippen LogP contribution in [0.1, 0.15) is 16.1 Å². The molecule has 1 amide bonds. The van der Waals surface area contributed by atoms with Gasteiger partial charge in [-0.25, -0.2) is 0 Å². The summed E-state index contributed by atoms with van der Waals surface area (Å²) in [4.78, 5) is 21.5. The second-order valence-electron chi connectivity index (χ2n) is 4.19.